The van der Waals surface area contributed by atoms with Gasteiger partial charge in [-0.2, -0.15) is 0 Å². The highest BCUT2D eigenvalue weighted by atomic mass is 16.3. The fourth-order valence-corrected chi connectivity index (χ4v) is 2.24. The molecule has 1 aromatic heterocycles. The van der Waals surface area contributed by atoms with Crippen molar-refractivity contribution in [3.05, 3.63) is 53.3 Å². The summed E-state index contributed by atoms with van der Waals surface area (Å²) in [5, 5.41) is 19.2. The lowest BCUT2D eigenvalue weighted by molar-refractivity contribution is 0.0762. The Morgan fingerprint density at radius 1 is 1.21 bits per heavy atom. The van der Waals surface area contributed by atoms with Gasteiger partial charge in [0.05, 0.1) is 17.8 Å². The van der Waals surface area contributed by atoms with E-state index in [0.717, 1.165) is 11.3 Å². The third-order valence-electron chi connectivity index (χ3n) is 3.18. The number of phenolic OH excluding ortho intramolecular Hbond substituents is 2. The van der Waals surface area contributed by atoms with Crippen molar-refractivity contribution in [1.29, 1.82) is 0 Å². The van der Waals surface area contributed by atoms with E-state index >= 15 is 0 Å². The highest BCUT2D eigenvalue weighted by Crippen LogP contribution is 2.36. The molecule has 2 heterocycles. The summed E-state index contributed by atoms with van der Waals surface area (Å²) in [5.41, 5.74) is 1.69. The van der Waals surface area contributed by atoms with Gasteiger partial charge in [-0.05, 0) is 23.8 Å². The second-order valence-electron chi connectivity index (χ2n) is 4.45. The van der Waals surface area contributed by atoms with Gasteiger partial charge in [-0.25, -0.2) is 0 Å². The zero-order valence-electron chi connectivity index (χ0n) is 10.1. The van der Waals surface area contributed by atoms with Crippen molar-refractivity contribution in [1.82, 2.24) is 9.88 Å². The molecule has 5 nitrogen and oxygen atoms in total. The number of amides is 1. The van der Waals surface area contributed by atoms with Crippen LogP contribution in [0, 0.1) is 0 Å². The van der Waals surface area contributed by atoms with Gasteiger partial charge in [-0.3, -0.25) is 9.78 Å². The molecule has 0 unspecified atom stereocenters. The fraction of sp³-hybridized carbons (Fsp3) is 0.143. The minimum Gasteiger partial charge on any atom is -0.504 e. The second kappa shape index (κ2) is 4.28. The van der Waals surface area contributed by atoms with Crippen LogP contribution in [0.5, 0.6) is 11.5 Å². The summed E-state index contributed by atoms with van der Waals surface area (Å²) >= 11 is 0. The molecule has 2 N–H and O–H groups in total. The summed E-state index contributed by atoms with van der Waals surface area (Å²) in [7, 11) is 0. The fourth-order valence-electron chi connectivity index (χ4n) is 2.24. The molecule has 1 aliphatic heterocycles. The largest absolute Gasteiger partial charge is 0.504 e. The predicted octanol–water partition coefficient (Wildman–Crippen LogP) is 1.65. The average Bonchev–Trinajstić information content (AvgIpc) is 2.73. The van der Waals surface area contributed by atoms with Gasteiger partial charge in [0.1, 0.15) is 0 Å². The molecule has 2 aromatic rings. The Labute approximate surface area is 109 Å². The maximum absolute atomic E-state index is 12.2. The minimum atomic E-state index is -0.342. The zero-order chi connectivity index (χ0) is 13.4. The molecule has 3 rings (SSSR count). The van der Waals surface area contributed by atoms with Crippen LogP contribution < -0.4 is 0 Å². The number of pyridine rings is 1. The molecule has 1 amide bonds. The first-order valence-electron chi connectivity index (χ1n) is 5.90. The quantitative estimate of drug-likeness (QED) is 0.801. The number of nitrogens with zero attached hydrogens (tertiary/aromatic N) is 2. The smallest absolute Gasteiger partial charge is 0.258 e. The third-order valence-corrected chi connectivity index (χ3v) is 3.18. The first-order chi connectivity index (χ1) is 9.16. The minimum absolute atomic E-state index is 0.191. The third kappa shape index (κ3) is 1.89. The monoisotopic (exact) mass is 256 g/mol. The van der Waals surface area contributed by atoms with Crippen LogP contribution in [0.1, 0.15) is 21.6 Å². The van der Waals surface area contributed by atoms with Crippen molar-refractivity contribution in [3.8, 4) is 11.5 Å². The standard InChI is InChI=1S/C14H12N2O3/c17-11-5-4-9-7-16(14(19)12(9)13(11)18)8-10-3-1-2-6-15-10/h1-6,17-18H,7-8H2. The highest BCUT2D eigenvalue weighted by Gasteiger charge is 2.31. The van der Waals surface area contributed by atoms with Crippen molar-refractivity contribution >= 4 is 5.91 Å². The molecule has 0 bridgehead atoms. The van der Waals surface area contributed by atoms with E-state index in [2.05, 4.69) is 4.98 Å². The molecular weight excluding hydrogens is 244 g/mol. The van der Waals surface area contributed by atoms with Gasteiger partial charge >= 0.3 is 0 Å². The Kier molecular flexibility index (Phi) is 2.59. The van der Waals surface area contributed by atoms with E-state index in [-0.39, 0.29) is 23.0 Å². The van der Waals surface area contributed by atoms with Crippen molar-refractivity contribution < 1.29 is 15.0 Å². The Morgan fingerprint density at radius 2 is 2.05 bits per heavy atom. The van der Waals surface area contributed by atoms with Crippen LogP contribution in [-0.2, 0) is 13.1 Å². The second-order valence-corrected chi connectivity index (χ2v) is 4.45. The number of benzene rings is 1. The molecule has 0 radical (unpaired) electrons. The number of phenols is 2. The molecule has 19 heavy (non-hydrogen) atoms. The van der Waals surface area contributed by atoms with E-state index in [1.807, 2.05) is 18.2 Å². The first kappa shape index (κ1) is 11.5. The molecule has 96 valence electrons. The van der Waals surface area contributed by atoms with Crippen LogP contribution >= 0.6 is 0 Å². The van der Waals surface area contributed by atoms with E-state index in [1.54, 1.807) is 17.2 Å². The lowest BCUT2D eigenvalue weighted by Gasteiger charge is -2.14. The van der Waals surface area contributed by atoms with Gasteiger partial charge in [0.2, 0.25) is 0 Å². The number of hydrogen-bond acceptors (Lipinski definition) is 4. The van der Waals surface area contributed by atoms with Gasteiger partial charge < -0.3 is 15.1 Å². The summed E-state index contributed by atoms with van der Waals surface area (Å²) in [6, 6.07) is 8.56. The first-order valence-corrected chi connectivity index (χ1v) is 5.90. The molecule has 0 fully saturated rings. The summed E-state index contributed by atoms with van der Waals surface area (Å²) in [6.45, 7) is 0.799. The van der Waals surface area contributed by atoms with Crippen molar-refractivity contribution in [2.45, 2.75) is 13.1 Å². The number of carbonyl (C=O) groups is 1. The number of hydrogen-bond donors (Lipinski definition) is 2. The average molecular weight is 256 g/mol. The Bertz CT molecular complexity index is 641. The Morgan fingerprint density at radius 3 is 2.79 bits per heavy atom. The van der Waals surface area contributed by atoms with E-state index in [9.17, 15) is 15.0 Å². The highest BCUT2D eigenvalue weighted by molar-refractivity contribution is 6.01. The van der Waals surface area contributed by atoms with Crippen LogP contribution in [0.2, 0.25) is 0 Å². The maximum Gasteiger partial charge on any atom is 0.258 e. The molecule has 5 heteroatoms. The van der Waals surface area contributed by atoms with Crippen molar-refractivity contribution in [2.24, 2.45) is 0 Å². The van der Waals surface area contributed by atoms with Crippen LogP contribution in [0.3, 0.4) is 0 Å². The Hall–Kier alpha value is -2.56. The van der Waals surface area contributed by atoms with Crippen LogP contribution in [0.15, 0.2) is 36.5 Å². The number of fused-ring (bicyclic) bond motifs is 1. The maximum atomic E-state index is 12.2. The Balaban J connectivity index is 1.90. The topological polar surface area (TPSA) is 73.7 Å². The number of rotatable bonds is 2. The number of carbonyl (C=O) groups excluding carboxylic acids is 1. The molecule has 1 aromatic carbocycles. The van der Waals surface area contributed by atoms with E-state index in [0.29, 0.717) is 13.1 Å². The van der Waals surface area contributed by atoms with Gasteiger partial charge in [0, 0.05) is 12.7 Å². The molecule has 1 aliphatic rings. The summed E-state index contributed by atoms with van der Waals surface area (Å²) < 4.78 is 0. The molecule has 0 spiro atoms. The molecule has 0 atom stereocenters. The van der Waals surface area contributed by atoms with Crippen LogP contribution in [0.25, 0.3) is 0 Å². The molecule has 0 saturated carbocycles. The van der Waals surface area contributed by atoms with E-state index < -0.39 is 0 Å². The predicted molar refractivity (Wildman–Crippen MR) is 67.6 cm³/mol. The van der Waals surface area contributed by atoms with Gasteiger partial charge in [0.15, 0.2) is 11.5 Å². The molecule has 0 saturated heterocycles. The lowest BCUT2D eigenvalue weighted by atomic mass is 10.1. The number of aromatic nitrogens is 1. The lowest BCUT2D eigenvalue weighted by Crippen LogP contribution is -2.23. The molecular formula is C14H12N2O3. The molecule has 0 aliphatic carbocycles. The summed E-state index contributed by atoms with van der Waals surface area (Å²) in [5.74, 6) is -0.896. The summed E-state index contributed by atoms with van der Waals surface area (Å²) in [6.07, 6.45) is 1.67. The van der Waals surface area contributed by atoms with Gasteiger partial charge in [-0.15, -0.1) is 0 Å². The van der Waals surface area contributed by atoms with E-state index in [1.165, 1.54) is 6.07 Å². The number of aromatic hydroxyl groups is 2. The zero-order valence-corrected chi connectivity index (χ0v) is 10.1. The van der Waals surface area contributed by atoms with Crippen LogP contribution in [-0.4, -0.2) is 26.0 Å². The van der Waals surface area contributed by atoms with Crippen molar-refractivity contribution in [3.63, 3.8) is 0 Å². The van der Waals surface area contributed by atoms with Gasteiger partial charge in [-0.1, -0.05) is 12.1 Å². The SMILES string of the molecule is O=C1c2c(ccc(O)c2O)CN1Cc1ccccn1. The summed E-state index contributed by atoms with van der Waals surface area (Å²) in [4.78, 5) is 18.0. The van der Waals surface area contributed by atoms with Crippen molar-refractivity contribution in [2.75, 3.05) is 0 Å². The normalized spacial score (nSPS) is 13.7. The van der Waals surface area contributed by atoms with Gasteiger partial charge in [0.25, 0.3) is 5.91 Å². The van der Waals surface area contributed by atoms with Crippen LogP contribution in [0.4, 0.5) is 0 Å². The van der Waals surface area contributed by atoms with E-state index in [4.69, 9.17) is 0 Å².